The van der Waals surface area contributed by atoms with Gasteiger partial charge in [-0.15, -0.1) is 0 Å². The van der Waals surface area contributed by atoms with Crippen LogP contribution in [0.2, 0.25) is 0 Å². The van der Waals surface area contributed by atoms with E-state index in [-0.39, 0.29) is 88.8 Å². The van der Waals surface area contributed by atoms with Crippen LogP contribution in [0.4, 0.5) is 0 Å². The minimum Gasteiger partial charge on any atom is -0.378 e. The lowest BCUT2D eigenvalue weighted by atomic mass is 9.75. The van der Waals surface area contributed by atoms with Gasteiger partial charge in [-0.3, -0.25) is 28.8 Å². The highest BCUT2D eigenvalue weighted by Gasteiger charge is 2.69. The standard InChI is InChI=1S/C43H68N2O7/c1-27-32(23-31(46)22-30(41(2,3)4)25-44-18-17-42(5,6)24-36(44)49)40(51)45-26-33-37(43(33,7)8)38(45)34(47)21-29(14-12-10-9-11-13-19-52-27)39(50)35(48)20-28-15-16-28/h27-30,32-33,37-38H,9-26H2,1-8H3/t27-,29+,30+,32-,33-,37-,38+/m0/s1. The molecule has 0 aromatic heterocycles. The van der Waals surface area contributed by atoms with E-state index in [4.69, 9.17) is 4.74 Å². The van der Waals surface area contributed by atoms with E-state index in [1.54, 1.807) is 4.90 Å². The van der Waals surface area contributed by atoms with Crippen molar-refractivity contribution >= 4 is 34.9 Å². The number of ether oxygens (including phenoxy) is 1. The Morgan fingerprint density at radius 1 is 0.923 bits per heavy atom. The number of nitrogens with zero attached hydrogens (tertiary/aromatic N) is 2. The highest BCUT2D eigenvalue weighted by Crippen LogP contribution is 2.65. The molecular weight excluding hydrogens is 656 g/mol. The molecule has 0 aromatic carbocycles. The van der Waals surface area contributed by atoms with Crippen molar-refractivity contribution in [1.82, 2.24) is 9.80 Å². The Morgan fingerprint density at radius 2 is 1.60 bits per heavy atom. The maximum absolute atomic E-state index is 14.7. The van der Waals surface area contributed by atoms with Crippen molar-refractivity contribution < 1.29 is 33.5 Å². The number of fused-ring (bicyclic) bond motifs is 3. The first-order valence-electron chi connectivity index (χ1n) is 20.6. The van der Waals surface area contributed by atoms with Crippen LogP contribution in [0.15, 0.2) is 0 Å². The molecule has 0 unspecified atom stereocenters. The van der Waals surface area contributed by atoms with Gasteiger partial charge in [0.25, 0.3) is 0 Å². The molecule has 52 heavy (non-hydrogen) atoms. The van der Waals surface area contributed by atoms with E-state index in [0.717, 1.165) is 51.4 Å². The van der Waals surface area contributed by atoms with Crippen LogP contribution in [0.1, 0.15) is 145 Å². The van der Waals surface area contributed by atoms with Gasteiger partial charge in [-0.2, -0.15) is 0 Å². The van der Waals surface area contributed by atoms with Gasteiger partial charge in [-0.25, -0.2) is 0 Å². The van der Waals surface area contributed by atoms with Gasteiger partial charge in [-0.05, 0) is 78.9 Å². The fraction of sp³-hybridized carbons (Fsp3) is 0.860. The smallest absolute Gasteiger partial charge is 0.229 e. The summed E-state index contributed by atoms with van der Waals surface area (Å²) in [5.41, 5.74) is -0.355. The predicted octanol–water partition coefficient (Wildman–Crippen LogP) is 7.02. The van der Waals surface area contributed by atoms with E-state index in [2.05, 4.69) is 48.5 Å². The maximum Gasteiger partial charge on any atom is 0.229 e. The lowest BCUT2D eigenvalue weighted by Gasteiger charge is -2.41. The number of hydrogen-bond acceptors (Lipinski definition) is 7. The molecule has 9 nitrogen and oxygen atoms in total. The molecule has 5 rings (SSSR count). The second-order valence-electron chi connectivity index (χ2n) is 19.9. The van der Waals surface area contributed by atoms with Gasteiger partial charge in [0.15, 0.2) is 11.6 Å². The molecule has 292 valence electrons. The van der Waals surface area contributed by atoms with Crippen LogP contribution in [0.5, 0.6) is 0 Å². The highest BCUT2D eigenvalue weighted by molar-refractivity contribution is 6.38. The Balaban J connectivity index is 1.35. The summed E-state index contributed by atoms with van der Waals surface area (Å²) in [6.07, 6.45) is 8.37. The van der Waals surface area contributed by atoms with Crippen LogP contribution in [0, 0.1) is 51.8 Å². The molecule has 3 saturated heterocycles. The van der Waals surface area contributed by atoms with Crippen molar-refractivity contribution in [2.45, 2.75) is 157 Å². The van der Waals surface area contributed by atoms with Crippen molar-refractivity contribution in [3.63, 3.8) is 0 Å². The fourth-order valence-electron chi connectivity index (χ4n) is 9.44. The van der Waals surface area contributed by atoms with E-state index in [1.807, 2.05) is 11.8 Å². The number of hydrogen-bond donors (Lipinski definition) is 0. The van der Waals surface area contributed by atoms with E-state index >= 15 is 0 Å². The normalized spacial score (nSPS) is 32.2. The van der Waals surface area contributed by atoms with E-state index in [1.165, 1.54) is 0 Å². The van der Waals surface area contributed by atoms with E-state index in [0.29, 0.717) is 45.0 Å². The molecule has 9 heteroatoms. The first-order chi connectivity index (χ1) is 24.3. The zero-order valence-electron chi connectivity index (χ0n) is 33.6. The van der Waals surface area contributed by atoms with Gasteiger partial charge in [0.1, 0.15) is 5.78 Å². The van der Waals surface area contributed by atoms with Crippen molar-refractivity contribution in [2.75, 3.05) is 26.2 Å². The third-order valence-electron chi connectivity index (χ3n) is 13.7. The number of amides is 2. The minimum atomic E-state index is -0.744. The zero-order chi connectivity index (χ0) is 38.2. The zero-order valence-corrected chi connectivity index (χ0v) is 33.6. The Bertz CT molecular complexity index is 1370. The second kappa shape index (κ2) is 16.1. The summed E-state index contributed by atoms with van der Waals surface area (Å²) in [4.78, 5) is 86.4. The molecule has 2 amide bonds. The molecule has 0 radical (unpaired) electrons. The summed E-state index contributed by atoms with van der Waals surface area (Å²) in [5, 5.41) is 0. The second-order valence-corrected chi connectivity index (χ2v) is 19.9. The topological polar surface area (TPSA) is 118 Å². The molecule has 2 saturated carbocycles. The van der Waals surface area contributed by atoms with Crippen LogP contribution >= 0.6 is 0 Å². The number of Topliss-reactive ketones (excluding diaryl/α,β-unsaturated/α-hetero) is 4. The Kier molecular flexibility index (Phi) is 12.6. The van der Waals surface area contributed by atoms with Crippen LogP contribution in [-0.4, -0.2) is 83.1 Å². The number of piperidine rings is 2. The summed E-state index contributed by atoms with van der Waals surface area (Å²) in [5.74, 6) is -1.99. The van der Waals surface area contributed by atoms with Gasteiger partial charge in [0, 0.05) is 64.3 Å². The number of likely N-dealkylation sites (tertiary alicyclic amines) is 1. The average Bonchev–Trinajstić information content (AvgIpc) is 3.90. The number of ketones is 4. The molecule has 3 heterocycles. The Labute approximate surface area is 313 Å². The molecular formula is C43H68N2O7. The Morgan fingerprint density at radius 3 is 2.25 bits per heavy atom. The highest BCUT2D eigenvalue weighted by atomic mass is 16.5. The molecule has 0 spiro atoms. The van der Waals surface area contributed by atoms with Crippen molar-refractivity contribution in [3.05, 3.63) is 0 Å². The van der Waals surface area contributed by atoms with Gasteiger partial charge < -0.3 is 14.5 Å². The first-order valence-corrected chi connectivity index (χ1v) is 20.6. The molecule has 2 aliphatic carbocycles. The molecule has 0 bridgehead atoms. The predicted molar refractivity (Wildman–Crippen MR) is 200 cm³/mol. The van der Waals surface area contributed by atoms with Gasteiger partial charge in [0.2, 0.25) is 17.6 Å². The lowest BCUT2D eigenvalue weighted by molar-refractivity contribution is -0.149. The van der Waals surface area contributed by atoms with Gasteiger partial charge in [-0.1, -0.05) is 74.1 Å². The van der Waals surface area contributed by atoms with Crippen LogP contribution in [-0.2, 0) is 33.5 Å². The van der Waals surface area contributed by atoms with E-state index in [9.17, 15) is 28.8 Å². The fourth-order valence-corrected chi connectivity index (χ4v) is 9.44. The summed E-state index contributed by atoms with van der Waals surface area (Å²) in [7, 11) is 0. The third kappa shape index (κ3) is 9.81. The van der Waals surface area contributed by atoms with Crippen LogP contribution < -0.4 is 0 Å². The summed E-state index contributed by atoms with van der Waals surface area (Å²) >= 11 is 0. The van der Waals surface area contributed by atoms with Gasteiger partial charge >= 0.3 is 0 Å². The van der Waals surface area contributed by atoms with Crippen molar-refractivity contribution in [1.29, 1.82) is 0 Å². The van der Waals surface area contributed by atoms with E-state index < -0.39 is 29.8 Å². The molecule has 3 aliphatic heterocycles. The number of rotatable bonds is 10. The van der Waals surface area contributed by atoms with Crippen LogP contribution in [0.25, 0.3) is 0 Å². The summed E-state index contributed by atoms with van der Waals surface area (Å²) < 4.78 is 6.30. The summed E-state index contributed by atoms with van der Waals surface area (Å²) in [6.45, 7) is 18.9. The molecule has 0 aromatic rings. The van der Waals surface area contributed by atoms with Crippen molar-refractivity contribution in [2.24, 2.45) is 51.8 Å². The monoisotopic (exact) mass is 725 g/mol. The Hall–Kier alpha value is -2.42. The molecule has 7 atom stereocenters. The SMILES string of the molecule is C[C@@H]1OCCCCCCC[C@@H](C(=O)C(=O)CC2CC2)CC(=O)[C@@H]2[C@@H]3[C@H](CN2C(=O)[C@H]1CC(=O)C[C@H](CN1CCC(C)(C)CC1=O)C(C)(C)C)C3(C)C. The molecule has 0 N–H and O–H groups in total. The third-order valence-corrected chi connectivity index (χ3v) is 13.7. The lowest BCUT2D eigenvalue weighted by Crippen LogP contribution is -2.51. The number of carbonyl (C=O) groups excluding carboxylic acids is 6. The number of carbonyl (C=O) groups is 6. The quantitative estimate of drug-likeness (QED) is 0.222. The molecule has 5 aliphatic rings. The summed E-state index contributed by atoms with van der Waals surface area (Å²) in [6, 6.07) is -0.671. The minimum absolute atomic E-state index is 0.00865. The largest absolute Gasteiger partial charge is 0.378 e. The maximum atomic E-state index is 14.7. The average molecular weight is 725 g/mol. The molecule has 5 fully saturated rings. The van der Waals surface area contributed by atoms with Crippen LogP contribution in [0.3, 0.4) is 0 Å². The van der Waals surface area contributed by atoms with Gasteiger partial charge in [0.05, 0.1) is 18.1 Å². The van der Waals surface area contributed by atoms with Crippen molar-refractivity contribution in [3.8, 4) is 0 Å². The first kappa shape index (κ1) is 40.8.